The third kappa shape index (κ3) is 5.92. The number of hydrogen-bond acceptors (Lipinski definition) is 4. The van der Waals surface area contributed by atoms with Gasteiger partial charge in [-0.2, -0.15) is 0 Å². The van der Waals surface area contributed by atoms with Crippen molar-refractivity contribution in [3.05, 3.63) is 58.5 Å². The Kier molecular flexibility index (Phi) is 7.03. The second-order valence-electron chi connectivity index (χ2n) is 5.53. The van der Waals surface area contributed by atoms with Crippen LogP contribution in [0.5, 0.6) is 0 Å². The molecule has 0 saturated heterocycles. The SMILES string of the molecule is CCN(CC)Cc1ccc(C(=O)NNC(=O)Cc2ccc(Cl)cc2)o1. The largest absolute Gasteiger partial charge is 0.454 e. The van der Waals surface area contributed by atoms with Crippen LogP contribution in [0.2, 0.25) is 5.02 Å². The molecule has 0 bridgehead atoms. The van der Waals surface area contributed by atoms with Gasteiger partial charge in [0, 0.05) is 5.02 Å². The van der Waals surface area contributed by atoms with Crippen LogP contribution in [0.15, 0.2) is 40.8 Å². The number of halogens is 1. The maximum absolute atomic E-state index is 12.0. The van der Waals surface area contributed by atoms with Crippen LogP contribution < -0.4 is 10.9 Å². The average molecular weight is 364 g/mol. The summed E-state index contributed by atoms with van der Waals surface area (Å²) in [6.07, 6.45) is 0.142. The van der Waals surface area contributed by atoms with E-state index in [0.29, 0.717) is 17.3 Å². The van der Waals surface area contributed by atoms with Crippen LogP contribution in [0.4, 0.5) is 0 Å². The highest BCUT2D eigenvalue weighted by Gasteiger charge is 2.13. The quantitative estimate of drug-likeness (QED) is 0.742. The van der Waals surface area contributed by atoms with Crippen LogP contribution in [0, 0.1) is 0 Å². The third-order valence-corrected chi connectivity index (χ3v) is 4.00. The predicted octanol–water partition coefficient (Wildman–Crippen LogP) is 2.78. The number of benzene rings is 1. The van der Waals surface area contributed by atoms with Crippen molar-refractivity contribution in [2.24, 2.45) is 0 Å². The Morgan fingerprint density at radius 2 is 1.72 bits per heavy atom. The van der Waals surface area contributed by atoms with Crippen molar-refractivity contribution < 1.29 is 14.0 Å². The van der Waals surface area contributed by atoms with E-state index < -0.39 is 5.91 Å². The number of furan rings is 1. The van der Waals surface area contributed by atoms with Crippen LogP contribution >= 0.6 is 11.6 Å². The summed E-state index contributed by atoms with van der Waals surface area (Å²) in [7, 11) is 0. The number of rotatable bonds is 7. The highest BCUT2D eigenvalue weighted by molar-refractivity contribution is 6.30. The number of amides is 2. The zero-order valence-corrected chi connectivity index (χ0v) is 15.1. The molecule has 0 radical (unpaired) electrons. The lowest BCUT2D eigenvalue weighted by atomic mass is 10.1. The number of carbonyl (C=O) groups is 2. The van der Waals surface area contributed by atoms with E-state index in [9.17, 15) is 9.59 Å². The molecule has 2 aromatic rings. The van der Waals surface area contributed by atoms with Gasteiger partial charge in [0.2, 0.25) is 5.91 Å². The Hall–Kier alpha value is -2.31. The van der Waals surface area contributed by atoms with Gasteiger partial charge in [0.05, 0.1) is 13.0 Å². The Labute approximate surface area is 152 Å². The Morgan fingerprint density at radius 1 is 1.04 bits per heavy atom. The number of hydrazine groups is 1. The topological polar surface area (TPSA) is 74.6 Å². The van der Waals surface area contributed by atoms with Crippen LogP contribution in [0.3, 0.4) is 0 Å². The molecular formula is C18H22ClN3O3. The van der Waals surface area contributed by atoms with Gasteiger partial charge in [-0.3, -0.25) is 25.3 Å². The molecule has 0 spiro atoms. The number of nitrogens with zero attached hydrogens (tertiary/aromatic N) is 1. The molecule has 0 aliphatic heterocycles. The summed E-state index contributed by atoms with van der Waals surface area (Å²) in [5.41, 5.74) is 5.53. The minimum atomic E-state index is -0.491. The van der Waals surface area contributed by atoms with Gasteiger partial charge in [0.1, 0.15) is 5.76 Å². The first-order chi connectivity index (χ1) is 12.0. The van der Waals surface area contributed by atoms with E-state index in [-0.39, 0.29) is 18.1 Å². The lowest BCUT2D eigenvalue weighted by Gasteiger charge is -2.15. The Morgan fingerprint density at radius 3 is 2.36 bits per heavy atom. The molecule has 25 heavy (non-hydrogen) atoms. The van der Waals surface area contributed by atoms with Crippen molar-refractivity contribution in [2.75, 3.05) is 13.1 Å². The fraction of sp³-hybridized carbons (Fsp3) is 0.333. The fourth-order valence-corrected chi connectivity index (χ4v) is 2.40. The van der Waals surface area contributed by atoms with Crippen molar-refractivity contribution in [1.82, 2.24) is 15.8 Å². The normalized spacial score (nSPS) is 10.7. The van der Waals surface area contributed by atoms with Gasteiger partial charge >= 0.3 is 5.91 Å². The average Bonchev–Trinajstić information content (AvgIpc) is 3.08. The summed E-state index contributed by atoms with van der Waals surface area (Å²) in [5.74, 6) is 0.0520. The molecule has 1 heterocycles. The molecule has 2 rings (SSSR count). The van der Waals surface area contributed by atoms with E-state index in [4.69, 9.17) is 16.0 Å². The van der Waals surface area contributed by atoms with Crippen molar-refractivity contribution in [3.63, 3.8) is 0 Å². The van der Waals surface area contributed by atoms with Crippen molar-refractivity contribution in [2.45, 2.75) is 26.8 Å². The zero-order chi connectivity index (χ0) is 18.2. The molecule has 0 aliphatic carbocycles. The first kappa shape index (κ1) is 19.0. The van der Waals surface area contributed by atoms with E-state index in [0.717, 1.165) is 18.7 Å². The molecule has 1 aromatic carbocycles. The fourth-order valence-electron chi connectivity index (χ4n) is 2.27. The van der Waals surface area contributed by atoms with Gasteiger partial charge in [-0.25, -0.2) is 0 Å². The standard InChI is InChI=1S/C18H22ClN3O3/c1-3-22(4-2)12-15-9-10-16(25-15)18(24)21-20-17(23)11-13-5-7-14(19)8-6-13/h5-10H,3-4,11-12H2,1-2H3,(H,20,23)(H,21,24). The maximum Gasteiger partial charge on any atom is 0.305 e. The van der Waals surface area contributed by atoms with E-state index >= 15 is 0 Å². The lowest BCUT2D eigenvalue weighted by molar-refractivity contribution is -0.121. The molecule has 7 heteroatoms. The van der Waals surface area contributed by atoms with Crippen molar-refractivity contribution >= 4 is 23.4 Å². The van der Waals surface area contributed by atoms with E-state index in [1.165, 1.54) is 0 Å². The smallest absolute Gasteiger partial charge is 0.305 e. The predicted molar refractivity (Wildman–Crippen MR) is 96.1 cm³/mol. The molecular weight excluding hydrogens is 342 g/mol. The summed E-state index contributed by atoms with van der Waals surface area (Å²) in [5, 5.41) is 0.607. The van der Waals surface area contributed by atoms with E-state index in [2.05, 4.69) is 29.6 Å². The zero-order valence-electron chi connectivity index (χ0n) is 14.3. The second-order valence-corrected chi connectivity index (χ2v) is 5.97. The highest BCUT2D eigenvalue weighted by Crippen LogP contribution is 2.11. The first-order valence-corrected chi connectivity index (χ1v) is 8.54. The van der Waals surface area contributed by atoms with Crippen LogP contribution in [0.25, 0.3) is 0 Å². The molecule has 0 saturated carbocycles. The summed E-state index contributed by atoms with van der Waals surface area (Å²) in [4.78, 5) is 26.1. The summed E-state index contributed by atoms with van der Waals surface area (Å²) >= 11 is 5.80. The Bertz CT molecular complexity index is 709. The first-order valence-electron chi connectivity index (χ1n) is 8.16. The second kappa shape index (κ2) is 9.25. The number of carbonyl (C=O) groups excluding carboxylic acids is 2. The van der Waals surface area contributed by atoms with Gasteiger partial charge in [-0.1, -0.05) is 37.6 Å². The molecule has 0 atom stereocenters. The monoisotopic (exact) mass is 363 g/mol. The van der Waals surface area contributed by atoms with Gasteiger partial charge < -0.3 is 4.42 Å². The van der Waals surface area contributed by atoms with E-state index in [1.54, 1.807) is 36.4 Å². The molecule has 6 nitrogen and oxygen atoms in total. The van der Waals surface area contributed by atoms with Gasteiger partial charge in [0.25, 0.3) is 0 Å². The lowest BCUT2D eigenvalue weighted by Crippen LogP contribution is -2.42. The van der Waals surface area contributed by atoms with Crippen LogP contribution in [-0.2, 0) is 17.8 Å². The number of nitrogens with one attached hydrogen (secondary N) is 2. The number of hydrogen-bond donors (Lipinski definition) is 2. The molecule has 1 aromatic heterocycles. The summed E-state index contributed by atoms with van der Waals surface area (Å²) in [6, 6.07) is 10.3. The van der Waals surface area contributed by atoms with Crippen molar-refractivity contribution in [1.29, 1.82) is 0 Å². The van der Waals surface area contributed by atoms with Crippen LogP contribution in [0.1, 0.15) is 35.7 Å². The molecule has 134 valence electrons. The molecule has 2 N–H and O–H groups in total. The Balaban J connectivity index is 1.82. The summed E-state index contributed by atoms with van der Waals surface area (Å²) in [6.45, 7) is 6.58. The molecule has 0 fully saturated rings. The molecule has 0 unspecified atom stereocenters. The van der Waals surface area contributed by atoms with Gasteiger partial charge in [-0.05, 0) is 42.9 Å². The minimum absolute atomic E-state index is 0.142. The minimum Gasteiger partial charge on any atom is -0.454 e. The molecule has 2 amide bonds. The van der Waals surface area contributed by atoms with E-state index in [1.807, 2.05) is 0 Å². The highest BCUT2D eigenvalue weighted by atomic mass is 35.5. The van der Waals surface area contributed by atoms with Crippen molar-refractivity contribution in [3.8, 4) is 0 Å². The van der Waals surface area contributed by atoms with Gasteiger partial charge in [0.15, 0.2) is 5.76 Å². The van der Waals surface area contributed by atoms with Gasteiger partial charge in [-0.15, -0.1) is 0 Å². The summed E-state index contributed by atoms with van der Waals surface area (Å²) < 4.78 is 5.52. The maximum atomic E-state index is 12.0. The third-order valence-electron chi connectivity index (χ3n) is 3.75. The van der Waals surface area contributed by atoms with Crippen LogP contribution in [-0.4, -0.2) is 29.8 Å². The molecule has 0 aliphatic rings.